The van der Waals surface area contributed by atoms with Crippen molar-refractivity contribution in [1.29, 1.82) is 0 Å². The molecule has 11 heteroatoms. The molecule has 11 nitrogen and oxygen atoms in total. The van der Waals surface area contributed by atoms with Crippen molar-refractivity contribution < 1.29 is 33.8 Å². The van der Waals surface area contributed by atoms with Crippen LogP contribution in [0.5, 0.6) is 5.75 Å². The van der Waals surface area contributed by atoms with Gasteiger partial charge in [-0.25, -0.2) is 4.79 Å². The fourth-order valence-electron chi connectivity index (χ4n) is 6.62. The molecular weight excluding hydrogens is 636 g/mol. The highest BCUT2D eigenvalue weighted by atomic mass is 16.6. The minimum Gasteiger partial charge on any atom is -0.508 e. The fourth-order valence-corrected chi connectivity index (χ4v) is 6.62. The molecule has 1 aromatic heterocycles. The Hall–Kier alpha value is -4.15. The van der Waals surface area contributed by atoms with Crippen LogP contribution < -0.4 is 5.32 Å². The van der Waals surface area contributed by atoms with Crippen LogP contribution in [0.1, 0.15) is 122 Å². The largest absolute Gasteiger partial charge is 0.508 e. The van der Waals surface area contributed by atoms with Gasteiger partial charge in [-0.1, -0.05) is 25.1 Å². The van der Waals surface area contributed by atoms with Gasteiger partial charge in [0.1, 0.15) is 17.0 Å². The van der Waals surface area contributed by atoms with Crippen molar-refractivity contribution in [2.45, 2.75) is 117 Å². The van der Waals surface area contributed by atoms with E-state index in [-0.39, 0.29) is 36.0 Å². The van der Waals surface area contributed by atoms with Crippen molar-refractivity contribution in [3.63, 3.8) is 0 Å². The predicted octanol–water partition coefficient (Wildman–Crippen LogP) is 6.49. The highest BCUT2D eigenvalue weighted by molar-refractivity contribution is 5.82. The zero-order valence-corrected chi connectivity index (χ0v) is 30.9. The van der Waals surface area contributed by atoms with Crippen LogP contribution in [0.4, 0.5) is 4.79 Å². The predicted molar refractivity (Wildman–Crippen MR) is 190 cm³/mol. The number of benzene rings is 1. The molecule has 274 valence electrons. The van der Waals surface area contributed by atoms with E-state index in [0.29, 0.717) is 56.9 Å². The Morgan fingerprint density at radius 1 is 0.900 bits per heavy atom. The summed E-state index contributed by atoms with van der Waals surface area (Å²) in [6, 6.07) is 8.31. The van der Waals surface area contributed by atoms with Gasteiger partial charge >= 0.3 is 12.1 Å². The Morgan fingerprint density at radius 3 is 2.24 bits per heavy atom. The van der Waals surface area contributed by atoms with Gasteiger partial charge in [-0.3, -0.25) is 19.4 Å². The average molecular weight is 693 g/mol. The zero-order valence-electron chi connectivity index (χ0n) is 30.9. The molecular formula is C39H56N4O7. The molecule has 2 aliphatic heterocycles. The van der Waals surface area contributed by atoms with E-state index in [2.05, 4.69) is 10.3 Å². The number of ether oxygens (including phenoxy) is 2. The summed E-state index contributed by atoms with van der Waals surface area (Å²) in [6.07, 6.45) is 7.22. The number of likely N-dealkylation sites (tertiary alicyclic amines) is 2. The molecule has 3 atom stereocenters. The molecule has 0 bridgehead atoms. The average Bonchev–Trinajstić information content (AvgIpc) is 3.05. The van der Waals surface area contributed by atoms with Crippen LogP contribution >= 0.6 is 0 Å². The van der Waals surface area contributed by atoms with E-state index in [0.717, 1.165) is 30.4 Å². The number of aromatic nitrogens is 1. The third kappa shape index (κ3) is 11.7. The number of carbonyl (C=O) groups excluding carboxylic acids is 4. The molecule has 0 spiro atoms. The molecule has 1 aromatic carbocycles. The lowest BCUT2D eigenvalue weighted by molar-refractivity contribution is -0.155. The van der Waals surface area contributed by atoms with Gasteiger partial charge in [0.05, 0.1) is 18.4 Å². The maximum absolute atomic E-state index is 13.8. The van der Waals surface area contributed by atoms with Crippen LogP contribution in [0.2, 0.25) is 0 Å². The first-order chi connectivity index (χ1) is 23.5. The van der Waals surface area contributed by atoms with Gasteiger partial charge in [0.2, 0.25) is 11.8 Å². The smallest absolute Gasteiger partial charge is 0.410 e. The minimum atomic E-state index is -0.686. The number of rotatable bonds is 10. The number of carbonyl (C=O) groups is 4. The summed E-state index contributed by atoms with van der Waals surface area (Å²) in [6.45, 7) is 15.2. The number of nitrogens with zero attached hydrogens (tertiary/aromatic N) is 3. The molecule has 2 unspecified atom stereocenters. The van der Waals surface area contributed by atoms with Gasteiger partial charge in [-0.2, -0.15) is 0 Å². The molecule has 3 amide bonds. The zero-order chi connectivity index (χ0) is 36.6. The standard InChI is InChI=1S/C39H56N4O7/c1-26(28-10-8-12-32(44)21-28)30-20-31(24-40-23-30)33(22-35(46)49-38(2,3)4)41-36(47)29-11-9-17-43(25-29)34(45)14-13-27-15-18-42(19-16-27)37(48)50-39(5,6)7/h8,10,12,20-21,23-24,26-27,29,33,44H,9,11,13-19,22,25H2,1-7H3,(H,41,47)/t26?,29-,33?/m1/s1. The summed E-state index contributed by atoms with van der Waals surface area (Å²) in [5.74, 6) is -0.580. The Balaban J connectivity index is 1.37. The van der Waals surface area contributed by atoms with E-state index in [4.69, 9.17) is 9.47 Å². The second-order valence-electron chi connectivity index (χ2n) is 15.8. The third-order valence-corrected chi connectivity index (χ3v) is 9.34. The summed E-state index contributed by atoms with van der Waals surface area (Å²) >= 11 is 0. The molecule has 2 fully saturated rings. The lowest BCUT2D eigenvalue weighted by Crippen LogP contribution is -2.46. The number of amides is 3. The molecule has 2 N–H and O–H groups in total. The first-order valence-electron chi connectivity index (χ1n) is 18.0. The molecule has 3 heterocycles. The number of piperidine rings is 2. The molecule has 2 saturated heterocycles. The highest BCUT2D eigenvalue weighted by Crippen LogP contribution is 2.30. The van der Waals surface area contributed by atoms with Crippen LogP contribution in [0.15, 0.2) is 42.7 Å². The number of esters is 1. The maximum atomic E-state index is 13.8. The first-order valence-corrected chi connectivity index (χ1v) is 18.0. The molecule has 2 aliphatic rings. The van der Waals surface area contributed by atoms with Crippen LogP contribution in [-0.2, 0) is 23.9 Å². The normalized spacial score (nSPS) is 18.6. The fraction of sp³-hybridized carbons (Fsp3) is 0.615. The van der Waals surface area contributed by atoms with Gasteiger partial charge in [0.15, 0.2) is 0 Å². The van der Waals surface area contributed by atoms with Crippen molar-refractivity contribution in [3.8, 4) is 5.75 Å². The van der Waals surface area contributed by atoms with E-state index in [1.54, 1.807) is 61.2 Å². The van der Waals surface area contributed by atoms with Gasteiger partial charge in [-0.05, 0) is 108 Å². The van der Waals surface area contributed by atoms with Crippen LogP contribution in [0, 0.1) is 11.8 Å². The summed E-state index contributed by atoms with van der Waals surface area (Å²) in [5, 5.41) is 13.1. The summed E-state index contributed by atoms with van der Waals surface area (Å²) in [7, 11) is 0. The Bertz CT molecular complexity index is 1490. The highest BCUT2D eigenvalue weighted by Gasteiger charge is 2.32. The van der Waals surface area contributed by atoms with Crippen molar-refractivity contribution in [3.05, 3.63) is 59.4 Å². The minimum absolute atomic E-state index is 0.0419. The Labute approximate surface area is 297 Å². The molecule has 0 saturated carbocycles. The third-order valence-electron chi connectivity index (χ3n) is 9.34. The molecule has 4 rings (SSSR count). The van der Waals surface area contributed by atoms with Crippen molar-refractivity contribution in [2.75, 3.05) is 26.2 Å². The molecule has 0 aliphatic carbocycles. The van der Waals surface area contributed by atoms with E-state index in [1.807, 2.05) is 39.8 Å². The van der Waals surface area contributed by atoms with Crippen LogP contribution in [0.25, 0.3) is 0 Å². The topological polar surface area (TPSA) is 138 Å². The lowest BCUT2D eigenvalue weighted by atomic mass is 9.91. The van der Waals surface area contributed by atoms with Crippen LogP contribution in [-0.4, -0.2) is 81.1 Å². The van der Waals surface area contributed by atoms with Crippen molar-refractivity contribution >= 4 is 23.9 Å². The number of pyridine rings is 1. The van der Waals surface area contributed by atoms with Gasteiger partial charge < -0.3 is 29.7 Å². The van der Waals surface area contributed by atoms with E-state index in [9.17, 15) is 24.3 Å². The quantitative estimate of drug-likeness (QED) is 0.270. The molecule has 2 aromatic rings. The first kappa shape index (κ1) is 38.6. The van der Waals surface area contributed by atoms with Crippen molar-refractivity contribution in [2.24, 2.45) is 11.8 Å². The SMILES string of the molecule is CC(c1cccc(O)c1)c1cncc(C(CC(=O)OC(C)(C)C)NC(=O)[C@@H]2CCCN(C(=O)CCC3CCN(C(=O)OC(C)(C)C)CC3)C2)c1. The van der Waals surface area contributed by atoms with Crippen LogP contribution in [0.3, 0.4) is 0 Å². The molecule has 0 radical (unpaired) electrons. The lowest BCUT2D eigenvalue weighted by Gasteiger charge is -2.35. The number of hydrogen-bond acceptors (Lipinski definition) is 8. The maximum Gasteiger partial charge on any atom is 0.410 e. The number of hydrogen-bond donors (Lipinski definition) is 2. The second-order valence-corrected chi connectivity index (χ2v) is 15.8. The Morgan fingerprint density at radius 2 is 1.58 bits per heavy atom. The number of phenolic OH excluding ortho intramolecular Hbond substituents is 1. The van der Waals surface area contributed by atoms with Gasteiger partial charge in [0.25, 0.3) is 0 Å². The molecule has 50 heavy (non-hydrogen) atoms. The number of aromatic hydroxyl groups is 1. The van der Waals surface area contributed by atoms with E-state index in [1.165, 1.54) is 0 Å². The summed E-state index contributed by atoms with van der Waals surface area (Å²) < 4.78 is 11.1. The second kappa shape index (κ2) is 16.7. The van der Waals surface area contributed by atoms with Gasteiger partial charge in [-0.15, -0.1) is 0 Å². The summed E-state index contributed by atoms with van der Waals surface area (Å²) in [5.41, 5.74) is 1.25. The van der Waals surface area contributed by atoms with E-state index < -0.39 is 29.1 Å². The van der Waals surface area contributed by atoms with Crippen molar-refractivity contribution in [1.82, 2.24) is 20.1 Å². The van der Waals surface area contributed by atoms with E-state index >= 15 is 0 Å². The van der Waals surface area contributed by atoms with Gasteiger partial charge in [0, 0.05) is 50.9 Å². The summed E-state index contributed by atoms with van der Waals surface area (Å²) in [4.78, 5) is 60.5. The monoisotopic (exact) mass is 692 g/mol. The number of nitrogens with one attached hydrogen (secondary N) is 1. The Kier molecular flexibility index (Phi) is 12.9. The number of phenols is 1.